The summed E-state index contributed by atoms with van der Waals surface area (Å²) < 4.78 is 32.5. The molecule has 0 aliphatic carbocycles. The minimum Gasteiger partial charge on any atom is -0.495 e. The van der Waals surface area contributed by atoms with Gasteiger partial charge in [0.2, 0.25) is 15.9 Å². The highest BCUT2D eigenvalue weighted by Gasteiger charge is 2.24. The second-order valence-electron chi connectivity index (χ2n) is 5.46. The summed E-state index contributed by atoms with van der Waals surface area (Å²) in [5, 5.41) is 2.61. The van der Waals surface area contributed by atoms with Crippen LogP contribution in [-0.4, -0.2) is 32.3 Å². The first kappa shape index (κ1) is 19.0. The molecule has 6 nitrogen and oxygen atoms in total. The first-order valence-corrected chi connectivity index (χ1v) is 9.32. The minimum absolute atomic E-state index is 0.122. The molecular formula is C18H22N2O4S. The number of carbonyl (C=O) groups excluding carboxylic acids is 1. The molecule has 0 spiro atoms. The fourth-order valence-electron chi connectivity index (χ4n) is 2.43. The first-order valence-electron chi connectivity index (χ1n) is 7.88. The molecule has 0 bridgehead atoms. The van der Waals surface area contributed by atoms with Crippen LogP contribution in [0.15, 0.2) is 53.4 Å². The number of anilines is 1. The predicted octanol–water partition coefficient (Wildman–Crippen LogP) is 2.86. The van der Waals surface area contributed by atoms with E-state index in [1.807, 2.05) is 30.3 Å². The van der Waals surface area contributed by atoms with Gasteiger partial charge < -0.3 is 10.1 Å². The number of rotatable bonds is 7. The lowest BCUT2D eigenvalue weighted by atomic mass is 10.2. The highest BCUT2D eigenvalue weighted by atomic mass is 32.2. The number of amides is 1. The number of hydrogen-bond donors (Lipinski definition) is 1. The zero-order valence-electron chi connectivity index (χ0n) is 14.5. The Morgan fingerprint density at radius 1 is 1.16 bits per heavy atom. The maximum atomic E-state index is 13.0. The summed E-state index contributed by atoms with van der Waals surface area (Å²) >= 11 is 0. The molecule has 2 aromatic rings. The molecule has 2 aromatic carbocycles. The van der Waals surface area contributed by atoms with Crippen molar-refractivity contribution >= 4 is 21.6 Å². The molecule has 2 rings (SSSR count). The van der Waals surface area contributed by atoms with Gasteiger partial charge in [-0.05, 0) is 17.7 Å². The van der Waals surface area contributed by atoms with E-state index in [0.717, 1.165) is 5.56 Å². The SMILES string of the molecule is CCN(Cc1ccccc1)S(=O)(=O)c1ccc(NC(C)=O)c(OC)c1. The summed E-state index contributed by atoms with van der Waals surface area (Å²) in [6, 6.07) is 13.8. The maximum Gasteiger partial charge on any atom is 0.243 e. The molecule has 1 amide bonds. The van der Waals surface area contributed by atoms with Gasteiger partial charge in [-0.1, -0.05) is 37.3 Å². The van der Waals surface area contributed by atoms with Crippen LogP contribution in [0.3, 0.4) is 0 Å². The standard InChI is InChI=1S/C18H22N2O4S/c1-4-20(13-15-8-6-5-7-9-15)25(22,23)16-10-11-17(19-14(2)21)18(12-16)24-3/h5-12H,4,13H2,1-3H3,(H,19,21). The van der Waals surface area contributed by atoms with Gasteiger partial charge in [0.15, 0.2) is 0 Å². The molecule has 1 N–H and O–H groups in total. The van der Waals surface area contributed by atoms with E-state index in [1.165, 1.54) is 36.5 Å². The minimum atomic E-state index is -3.69. The number of nitrogens with zero attached hydrogens (tertiary/aromatic N) is 1. The molecule has 0 atom stereocenters. The van der Waals surface area contributed by atoms with Crippen molar-refractivity contribution in [1.29, 1.82) is 0 Å². The first-order chi connectivity index (χ1) is 11.9. The molecule has 25 heavy (non-hydrogen) atoms. The van der Waals surface area contributed by atoms with E-state index in [1.54, 1.807) is 6.92 Å². The molecule has 0 aliphatic rings. The highest BCUT2D eigenvalue weighted by Crippen LogP contribution is 2.29. The number of ether oxygens (including phenoxy) is 1. The Balaban J connectivity index is 2.35. The van der Waals surface area contributed by atoms with Crippen molar-refractivity contribution in [2.75, 3.05) is 19.0 Å². The van der Waals surface area contributed by atoms with Crippen LogP contribution >= 0.6 is 0 Å². The molecule has 0 radical (unpaired) electrons. The summed E-state index contributed by atoms with van der Waals surface area (Å²) in [5.74, 6) is 0.0419. The molecule has 0 saturated carbocycles. The number of hydrogen-bond acceptors (Lipinski definition) is 4. The average Bonchev–Trinajstić information content (AvgIpc) is 2.60. The largest absolute Gasteiger partial charge is 0.495 e. The number of carbonyl (C=O) groups is 1. The Morgan fingerprint density at radius 3 is 2.40 bits per heavy atom. The van der Waals surface area contributed by atoms with Crippen molar-refractivity contribution in [3.63, 3.8) is 0 Å². The Hall–Kier alpha value is -2.38. The van der Waals surface area contributed by atoms with Gasteiger partial charge in [0.25, 0.3) is 0 Å². The lowest BCUT2D eigenvalue weighted by molar-refractivity contribution is -0.114. The Labute approximate surface area is 148 Å². The second kappa shape index (κ2) is 8.13. The van der Waals surface area contributed by atoms with E-state index in [0.29, 0.717) is 18.0 Å². The number of benzene rings is 2. The third-order valence-electron chi connectivity index (χ3n) is 3.68. The van der Waals surface area contributed by atoms with Gasteiger partial charge in [-0.3, -0.25) is 4.79 Å². The van der Waals surface area contributed by atoms with Crippen LogP contribution in [0, 0.1) is 0 Å². The Bertz CT molecular complexity index is 835. The van der Waals surface area contributed by atoms with Crippen molar-refractivity contribution in [2.24, 2.45) is 0 Å². The fourth-order valence-corrected chi connectivity index (χ4v) is 3.88. The third-order valence-corrected chi connectivity index (χ3v) is 5.59. The van der Waals surface area contributed by atoms with Gasteiger partial charge in [0, 0.05) is 26.1 Å². The van der Waals surface area contributed by atoms with Crippen molar-refractivity contribution in [1.82, 2.24) is 4.31 Å². The van der Waals surface area contributed by atoms with Crippen LogP contribution in [0.2, 0.25) is 0 Å². The quantitative estimate of drug-likeness (QED) is 0.822. The fraction of sp³-hybridized carbons (Fsp3) is 0.278. The van der Waals surface area contributed by atoms with Gasteiger partial charge in [-0.15, -0.1) is 0 Å². The zero-order chi connectivity index (χ0) is 18.4. The summed E-state index contributed by atoms with van der Waals surface area (Å²) in [6.07, 6.45) is 0. The molecule has 0 aromatic heterocycles. The highest BCUT2D eigenvalue weighted by molar-refractivity contribution is 7.89. The van der Waals surface area contributed by atoms with Crippen molar-refractivity contribution in [3.8, 4) is 5.75 Å². The topological polar surface area (TPSA) is 75.7 Å². The van der Waals surface area contributed by atoms with Crippen molar-refractivity contribution < 1.29 is 17.9 Å². The lowest BCUT2D eigenvalue weighted by Crippen LogP contribution is -2.30. The summed E-state index contributed by atoms with van der Waals surface area (Å²) in [5.41, 5.74) is 1.34. The van der Waals surface area contributed by atoms with E-state index in [-0.39, 0.29) is 17.3 Å². The van der Waals surface area contributed by atoms with Crippen LogP contribution in [-0.2, 0) is 21.4 Å². The third kappa shape index (κ3) is 4.58. The smallest absolute Gasteiger partial charge is 0.243 e. The zero-order valence-corrected chi connectivity index (χ0v) is 15.3. The molecule has 0 unspecified atom stereocenters. The monoisotopic (exact) mass is 362 g/mol. The second-order valence-corrected chi connectivity index (χ2v) is 7.40. The molecule has 0 aliphatic heterocycles. The molecular weight excluding hydrogens is 340 g/mol. The van der Waals surface area contributed by atoms with E-state index in [2.05, 4.69) is 5.32 Å². The Morgan fingerprint density at radius 2 is 1.84 bits per heavy atom. The van der Waals surface area contributed by atoms with Crippen LogP contribution < -0.4 is 10.1 Å². The molecule has 0 fully saturated rings. The summed E-state index contributed by atoms with van der Waals surface area (Å²) in [6.45, 7) is 3.80. The van der Waals surface area contributed by atoms with Gasteiger partial charge in [0.1, 0.15) is 5.75 Å². The van der Waals surface area contributed by atoms with Crippen molar-refractivity contribution in [3.05, 3.63) is 54.1 Å². The maximum absolute atomic E-state index is 13.0. The summed E-state index contributed by atoms with van der Waals surface area (Å²) in [4.78, 5) is 11.3. The predicted molar refractivity (Wildman–Crippen MR) is 97.0 cm³/mol. The Kier molecular flexibility index (Phi) is 6.17. The van der Waals surface area contributed by atoms with E-state index >= 15 is 0 Å². The molecule has 134 valence electrons. The van der Waals surface area contributed by atoms with Gasteiger partial charge in [0.05, 0.1) is 17.7 Å². The van der Waals surface area contributed by atoms with Crippen LogP contribution in [0.5, 0.6) is 5.75 Å². The van der Waals surface area contributed by atoms with Crippen LogP contribution in [0.1, 0.15) is 19.4 Å². The van der Waals surface area contributed by atoms with E-state index < -0.39 is 10.0 Å². The molecule has 0 saturated heterocycles. The molecule has 7 heteroatoms. The van der Waals surface area contributed by atoms with E-state index in [4.69, 9.17) is 4.74 Å². The van der Waals surface area contributed by atoms with Gasteiger partial charge >= 0.3 is 0 Å². The molecule has 0 heterocycles. The van der Waals surface area contributed by atoms with Gasteiger partial charge in [-0.2, -0.15) is 4.31 Å². The number of nitrogens with one attached hydrogen (secondary N) is 1. The lowest BCUT2D eigenvalue weighted by Gasteiger charge is -2.21. The van der Waals surface area contributed by atoms with Crippen LogP contribution in [0.25, 0.3) is 0 Å². The number of sulfonamides is 1. The van der Waals surface area contributed by atoms with Crippen LogP contribution in [0.4, 0.5) is 5.69 Å². The van der Waals surface area contributed by atoms with Crippen molar-refractivity contribution in [2.45, 2.75) is 25.3 Å². The average molecular weight is 362 g/mol. The van der Waals surface area contributed by atoms with Gasteiger partial charge in [-0.25, -0.2) is 8.42 Å². The van der Waals surface area contributed by atoms with E-state index in [9.17, 15) is 13.2 Å². The normalized spacial score (nSPS) is 11.4. The summed E-state index contributed by atoms with van der Waals surface area (Å²) in [7, 11) is -2.26. The number of methoxy groups -OCH3 is 1.